The number of fused-ring (bicyclic) bond motifs is 1. The second-order valence-electron chi connectivity index (χ2n) is 6.37. The number of aryl methyl sites for hydroxylation is 2. The number of pyridine rings is 1. The predicted octanol–water partition coefficient (Wildman–Crippen LogP) is 4.96. The van der Waals surface area contributed by atoms with Crippen molar-refractivity contribution in [1.29, 1.82) is 0 Å². The second kappa shape index (κ2) is 6.96. The van der Waals surface area contributed by atoms with Crippen molar-refractivity contribution in [3.05, 3.63) is 66.6 Å². The molecule has 0 saturated heterocycles. The van der Waals surface area contributed by atoms with Gasteiger partial charge in [0, 0.05) is 41.8 Å². The maximum Gasteiger partial charge on any atom is 0.227 e. The Morgan fingerprint density at radius 2 is 1.96 bits per heavy atom. The van der Waals surface area contributed by atoms with Crippen LogP contribution in [0.1, 0.15) is 18.9 Å². The Labute approximate surface area is 152 Å². The summed E-state index contributed by atoms with van der Waals surface area (Å²) < 4.78 is 2.19. The van der Waals surface area contributed by atoms with Gasteiger partial charge >= 0.3 is 0 Å². The van der Waals surface area contributed by atoms with Crippen LogP contribution >= 0.6 is 0 Å². The van der Waals surface area contributed by atoms with E-state index in [0.29, 0.717) is 5.95 Å². The van der Waals surface area contributed by atoms with Crippen LogP contribution in [0.3, 0.4) is 0 Å². The Morgan fingerprint density at radius 1 is 1.04 bits per heavy atom. The molecule has 0 atom stereocenters. The zero-order chi connectivity index (χ0) is 17.9. The second-order valence-corrected chi connectivity index (χ2v) is 6.37. The predicted molar refractivity (Wildman–Crippen MR) is 106 cm³/mol. The molecule has 0 fully saturated rings. The van der Waals surface area contributed by atoms with E-state index in [4.69, 9.17) is 4.98 Å². The molecule has 3 heterocycles. The van der Waals surface area contributed by atoms with E-state index >= 15 is 0 Å². The summed E-state index contributed by atoms with van der Waals surface area (Å²) in [5.74, 6) is 0.591. The van der Waals surface area contributed by atoms with Crippen LogP contribution in [0, 0.1) is 6.92 Å². The normalized spacial score (nSPS) is 11.0. The van der Waals surface area contributed by atoms with Crippen LogP contribution in [0.4, 0.5) is 11.6 Å². The minimum Gasteiger partial charge on any atom is -0.332 e. The third kappa shape index (κ3) is 3.16. The molecule has 4 rings (SSSR count). The molecule has 5 nitrogen and oxygen atoms in total. The topological polar surface area (TPSA) is 55.6 Å². The first-order valence-electron chi connectivity index (χ1n) is 8.85. The number of hydrogen-bond acceptors (Lipinski definition) is 4. The summed E-state index contributed by atoms with van der Waals surface area (Å²) in [6.45, 7) is 5.17. The lowest BCUT2D eigenvalue weighted by atomic mass is 10.1. The molecule has 4 aromatic rings. The SMILES string of the molecule is CCCn1cc(-c2ccnc(Nc3cccc(C)c3)n2)c2cccnc21. The molecule has 130 valence electrons. The number of hydrogen-bond donors (Lipinski definition) is 1. The number of anilines is 2. The Bertz CT molecular complexity index is 1050. The standard InChI is InChI=1S/C21H21N5/c1-3-12-26-14-18(17-8-5-10-22-20(17)26)19-9-11-23-21(25-19)24-16-7-4-6-15(2)13-16/h4-11,13-14H,3,12H2,1-2H3,(H,23,24,25). The first kappa shape index (κ1) is 16.3. The summed E-state index contributed by atoms with van der Waals surface area (Å²) in [6.07, 6.45) is 6.83. The molecule has 0 radical (unpaired) electrons. The number of aromatic nitrogens is 4. The maximum atomic E-state index is 4.73. The summed E-state index contributed by atoms with van der Waals surface area (Å²) in [5.41, 5.74) is 5.15. The van der Waals surface area contributed by atoms with E-state index in [1.165, 1.54) is 5.56 Å². The highest BCUT2D eigenvalue weighted by Crippen LogP contribution is 2.29. The molecule has 5 heteroatoms. The third-order valence-electron chi connectivity index (χ3n) is 4.30. The number of rotatable bonds is 5. The van der Waals surface area contributed by atoms with E-state index in [9.17, 15) is 0 Å². The molecule has 0 aliphatic heterocycles. The van der Waals surface area contributed by atoms with Gasteiger partial charge in [-0.1, -0.05) is 19.1 Å². The van der Waals surface area contributed by atoms with Gasteiger partial charge in [0.15, 0.2) is 0 Å². The van der Waals surface area contributed by atoms with E-state index < -0.39 is 0 Å². The van der Waals surface area contributed by atoms with Crippen LogP contribution in [0.15, 0.2) is 61.1 Å². The van der Waals surface area contributed by atoms with Crippen LogP contribution in [0.25, 0.3) is 22.3 Å². The van der Waals surface area contributed by atoms with E-state index in [1.807, 2.05) is 30.5 Å². The molecule has 0 unspecified atom stereocenters. The Balaban J connectivity index is 1.74. The fourth-order valence-electron chi connectivity index (χ4n) is 3.16. The molecule has 0 saturated carbocycles. The van der Waals surface area contributed by atoms with Crippen LogP contribution in [-0.2, 0) is 6.54 Å². The van der Waals surface area contributed by atoms with Crippen molar-refractivity contribution in [2.45, 2.75) is 26.8 Å². The van der Waals surface area contributed by atoms with Crippen molar-refractivity contribution in [2.24, 2.45) is 0 Å². The lowest BCUT2D eigenvalue weighted by Gasteiger charge is -2.07. The van der Waals surface area contributed by atoms with Gasteiger partial charge in [-0.05, 0) is 49.2 Å². The molecule has 0 bridgehead atoms. The summed E-state index contributed by atoms with van der Waals surface area (Å²) >= 11 is 0. The summed E-state index contributed by atoms with van der Waals surface area (Å²) in [5, 5.41) is 4.40. The molecule has 0 aliphatic rings. The van der Waals surface area contributed by atoms with Crippen molar-refractivity contribution in [1.82, 2.24) is 19.5 Å². The molecule has 1 aromatic carbocycles. The number of benzene rings is 1. The fourth-order valence-corrected chi connectivity index (χ4v) is 3.16. The molecular formula is C21H21N5. The monoisotopic (exact) mass is 343 g/mol. The van der Waals surface area contributed by atoms with Crippen LogP contribution < -0.4 is 5.32 Å². The van der Waals surface area contributed by atoms with Crippen molar-refractivity contribution in [3.63, 3.8) is 0 Å². The lowest BCUT2D eigenvalue weighted by Crippen LogP contribution is -1.98. The van der Waals surface area contributed by atoms with Gasteiger partial charge in [-0.25, -0.2) is 15.0 Å². The summed E-state index contributed by atoms with van der Waals surface area (Å²) in [6, 6.07) is 14.2. The van der Waals surface area contributed by atoms with Gasteiger partial charge in [-0.2, -0.15) is 0 Å². The Kier molecular flexibility index (Phi) is 4.35. The number of nitrogens with zero attached hydrogens (tertiary/aromatic N) is 4. The quantitative estimate of drug-likeness (QED) is 0.557. The Morgan fingerprint density at radius 3 is 2.81 bits per heavy atom. The fraction of sp³-hybridized carbons (Fsp3) is 0.190. The highest BCUT2D eigenvalue weighted by molar-refractivity contribution is 5.93. The largest absolute Gasteiger partial charge is 0.332 e. The van der Waals surface area contributed by atoms with Gasteiger partial charge in [0.2, 0.25) is 5.95 Å². The minimum absolute atomic E-state index is 0.591. The van der Waals surface area contributed by atoms with E-state index in [0.717, 1.165) is 40.9 Å². The maximum absolute atomic E-state index is 4.73. The Hall–Kier alpha value is -3.21. The van der Waals surface area contributed by atoms with Crippen molar-refractivity contribution < 1.29 is 0 Å². The van der Waals surface area contributed by atoms with Gasteiger partial charge in [0.05, 0.1) is 5.69 Å². The van der Waals surface area contributed by atoms with Gasteiger partial charge in [-0.3, -0.25) is 0 Å². The zero-order valence-corrected chi connectivity index (χ0v) is 15.0. The van der Waals surface area contributed by atoms with E-state index in [1.54, 1.807) is 6.20 Å². The van der Waals surface area contributed by atoms with Gasteiger partial charge in [0.1, 0.15) is 5.65 Å². The van der Waals surface area contributed by atoms with E-state index in [2.05, 4.69) is 58.1 Å². The minimum atomic E-state index is 0.591. The van der Waals surface area contributed by atoms with Crippen molar-refractivity contribution in [3.8, 4) is 11.3 Å². The summed E-state index contributed by atoms with van der Waals surface area (Å²) in [7, 11) is 0. The zero-order valence-electron chi connectivity index (χ0n) is 15.0. The van der Waals surface area contributed by atoms with Crippen LogP contribution in [0.5, 0.6) is 0 Å². The summed E-state index contributed by atoms with van der Waals surface area (Å²) in [4.78, 5) is 13.6. The first-order valence-corrected chi connectivity index (χ1v) is 8.85. The molecule has 0 aliphatic carbocycles. The molecule has 3 aromatic heterocycles. The van der Waals surface area contributed by atoms with Crippen LogP contribution in [-0.4, -0.2) is 19.5 Å². The molecule has 1 N–H and O–H groups in total. The average molecular weight is 343 g/mol. The van der Waals surface area contributed by atoms with Crippen molar-refractivity contribution >= 4 is 22.7 Å². The van der Waals surface area contributed by atoms with E-state index in [-0.39, 0.29) is 0 Å². The smallest absolute Gasteiger partial charge is 0.227 e. The van der Waals surface area contributed by atoms with Crippen LogP contribution in [0.2, 0.25) is 0 Å². The lowest BCUT2D eigenvalue weighted by molar-refractivity contribution is 0.698. The van der Waals surface area contributed by atoms with Gasteiger partial charge in [0.25, 0.3) is 0 Å². The molecule has 26 heavy (non-hydrogen) atoms. The van der Waals surface area contributed by atoms with Gasteiger partial charge < -0.3 is 9.88 Å². The molecule has 0 spiro atoms. The molecule has 0 amide bonds. The molecular weight excluding hydrogens is 322 g/mol. The van der Waals surface area contributed by atoms with Crippen molar-refractivity contribution in [2.75, 3.05) is 5.32 Å². The van der Waals surface area contributed by atoms with Gasteiger partial charge in [-0.15, -0.1) is 0 Å². The number of nitrogens with one attached hydrogen (secondary N) is 1. The highest BCUT2D eigenvalue weighted by atomic mass is 15.1. The third-order valence-corrected chi connectivity index (χ3v) is 4.30. The average Bonchev–Trinajstić information content (AvgIpc) is 3.01. The highest BCUT2D eigenvalue weighted by Gasteiger charge is 2.12. The first-order chi connectivity index (χ1) is 12.7.